The minimum Gasteiger partial charge on any atom is -0.489 e. The average Bonchev–Trinajstić information content (AvgIpc) is 3.43. The van der Waals surface area contributed by atoms with Crippen molar-refractivity contribution in [2.24, 2.45) is 0 Å². The number of anilines is 1. The van der Waals surface area contributed by atoms with Gasteiger partial charge in [-0.2, -0.15) is 0 Å². The monoisotopic (exact) mass is 543 g/mol. The van der Waals surface area contributed by atoms with Crippen molar-refractivity contribution >= 4 is 17.7 Å². The van der Waals surface area contributed by atoms with E-state index in [0.29, 0.717) is 13.2 Å². The summed E-state index contributed by atoms with van der Waals surface area (Å²) < 4.78 is 15.1. The van der Waals surface area contributed by atoms with Crippen molar-refractivity contribution in [3.8, 4) is 11.5 Å². The Kier molecular flexibility index (Phi) is 9.67. The fraction of sp³-hybridized carbons (Fsp3) is 0.216. The highest BCUT2D eigenvalue weighted by Crippen LogP contribution is 2.48. The topological polar surface area (TPSA) is 24.7 Å². The molecule has 4 aromatic rings. The van der Waals surface area contributed by atoms with E-state index >= 15 is 0 Å². The molecule has 4 aromatic carbocycles. The predicted octanol–water partition coefficient (Wildman–Crippen LogP) is 9.05. The van der Waals surface area contributed by atoms with E-state index in [1.165, 1.54) is 11.1 Å². The summed E-state index contributed by atoms with van der Waals surface area (Å²) >= 11 is 0. The number of rotatable bonds is 14. The standard InChI is InChI=1S/C37H39N2O2/c1-3-5-17-27-40-34-25-15-13-23-32(34)38-29-39(33-24-14-16-26-35(33)41-28-18-6-4-2)37(31-21-11-8-12-22-31)36(38)30-19-9-7-10-20-30/h3-4,7-16,19-26,29,36-37H,1-2,5-6,17-18,27-28H2/q+1/t36-,37-/m0/s1. The Morgan fingerprint density at radius 2 is 1.17 bits per heavy atom. The van der Waals surface area contributed by atoms with Gasteiger partial charge in [-0.15, -0.1) is 13.2 Å². The van der Waals surface area contributed by atoms with Crippen molar-refractivity contribution in [1.29, 1.82) is 0 Å². The zero-order valence-electron chi connectivity index (χ0n) is 23.6. The van der Waals surface area contributed by atoms with Gasteiger partial charge in [0.05, 0.1) is 13.2 Å². The number of benzene rings is 4. The minimum absolute atomic E-state index is 0.00894. The molecular weight excluding hydrogens is 504 g/mol. The fourth-order valence-corrected chi connectivity index (χ4v) is 5.40. The van der Waals surface area contributed by atoms with Crippen LogP contribution in [0.4, 0.5) is 11.4 Å². The summed E-state index contributed by atoms with van der Waals surface area (Å²) in [6.07, 6.45) is 9.82. The molecule has 1 aliphatic heterocycles. The van der Waals surface area contributed by atoms with Crippen LogP contribution in [0.15, 0.2) is 135 Å². The largest absolute Gasteiger partial charge is 0.489 e. The number of hydrogen-bond donors (Lipinski definition) is 0. The van der Waals surface area contributed by atoms with E-state index in [0.717, 1.165) is 48.6 Å². The molecule has 0 aliphatic carbocycles. The first-order valence-corrected chi connectivity index (χ1v) is 14.5. The minimum atomic E-state index is -0.00894. The molecule has 0 saturated heterocycles. The Labute approximate surface area is 244 Å². The molecule has 0 aromatic heterocycles. The van der Waals surface area contributed by atoms with Crippen molar-refractivity contribution in [3.05, 3.63) is 146 Å². The van der Waals surface area contributed by atoms with Crippen LogP contribution in [0.2, 0.25) is 0 Å². The Balaban J connectivity index is 1.64. The van der Waals surface area contributed by atoms with Gasteiger partial charge in [0.25, 0.3) is 0 Å². The Morgan fingerprint density at radius 3 is 1.83 bits per heavy atom. The molecule has 4 heteroatoms. The van der Waals surface area contributed by atoms with Gasteiger partial charge in [0.2, 0.25) is 6.34 Å². The summed E-state index contributed by atoms with van der Waals surface area (Å²) in [7, 11) is 0. The lowest BCUT2D eigenvalue weighted by Crippen LogP contribution is -2.26. The molecule has 2 atom stereocenters. The lowest BCUT2D eigenvalue weighted by molar-refractivity contribution is -0.482. The molecule has 208 valence electrons. The van der Waals surface area contributed by atoms with Gasteiger partial charge in [0.1, 0.15) is 0 Å². The van der Waals surface area contributed by atoms with Crippen LogP contribution in [0.1, 0.15) is 48.9 Å². The third-order valence-electron chi connectivity index (χ3n) is 7.34. The first kappa shape index (κ1) is 28.0. The van der Waals surface area contributed by atoms with Gasteiger partial charge in [0, 0.05) is 11.1 Å². The summed E-state index contributed by atoms with van der Waals surface area (Å²) in [5.41, 5.74) is 4.53. The molecule has 0 spiro atoms. The molecule has 1 aliphatic rings. The van der Waals surface area contributed by atoms with Gasteiger partial charge in [0.15, 0.2) is 35.0 Å². The highest BCUT2D eigenvalue weighted by atomic mass is 16.5. The first-order chi connectivity index (χ1) is 20.3. The van der Waals surface area contributed by atoms with Crippen molar-refractivity contribution in [2.45, 2.75) is 37.8 Å². The number of unbranched alkanes of at least 4 members (excludes halogenated alkanes) is 2. The lowest BCUT2D eigenvalue weighted by Gasteiger charge is -2.25. The lowest BCUT2D eigenvalue weighted by atomic mass is 9.92. The van der Waals surface area contributed by atoms with Gasteiger partial charge in [-0.25, -0.2) is 9.48 Å². The second kappa shape index (κ2) is 14.2. The van der Waals surface area contributed by atoms with Gasteiger partial charge in [-0.1, -0.05) is 97.1 Å². The average molecular weight is 544 g/mol. The number of hydrogen-bond acceptors (Lipinski definition) is 3. The molecule has 1 heterocycles. The molecular formula is C37H39N2O2+. The summed E-state index contributed by atoms with van der Waals surface area (Å²) in [5.74, 6) is 1.74. The summed E-state index contributed by atoms with van der Waals surface area (Å²) in [4.78, 5) is 2.37. The van der Waals surface area contributed by atoms with Crippen LogP contribution in [0.25, 0.3) is 0 Å². The summed E-state index contributed by atoms with van der Waals surface area (Å²) in [6.45, 7) is 8.98. The highest BCUT2D eigenvalue weighted by Gasteiger charge is 2.47. The third-order valence-corrected chi connectivity index (χ3v) is 7.34. The molecule has 0 saturated carbocycles. The number of para-hydroxylation sites is 4. The number of allylic oxidation sites excluding steroid dienone is 2. The second-order valence-electron chi connectivity index (χ2n) is 10.1. The second-order valence-corrected chi connectivity index (χ2v) is 10.1. The quantitative estimate of drug-likeness (QED) is 0.0901. The van der Waals surface area contributed by atoms with Crippen LogP contribution in [-0.4, -0.2) is 24.1 Å². The fourth-order valence-electron chi connectivity index (χ4n) is 5.40. The predicted molar refractivity (Wildman–Crippen MR) is 170 cm³/mol. The number of ether oxygens (including phenoxy) is 2. The van der Waals surface area contributed by atoms with Gasteiger partial charge in [-0.05, 0) is 49.9 Å². The van der Waals surface area contributed by atoms with Gasteiger partial charge < -0.3 is 9.47 Å². The zero-order chi connectivity index (χ0) is 28.3. The van der Waals surface area contributed by atoms with Crippen LogP contribution < -0.4 is 14.4 Å². The van der Waals surface area contributed by atoms with Gasteiger partial charge >= 0.3 is 0 Å². The molecule has 0 amide bonds. The molecule has 0 bridgehead atoms. The van der Waals surface area contributed by atoms with Crippen molar-refractivity contribution in [1.82, 2.24) is 0 Å². The van der Waals surface area contributed by atoms with E-state index in [1.54, 1.807) is 0 Å². The summed E-state index contributed by atoms with van der Waals surface area (Å²) in [5, 5.41) is 0. The van der Waals surface area contributed by atoms with E-state index in [2.05, 4.69) is 126 Å². The van der Waals surface area contributed by atoms with Crippen LogP contribution in [0.5, 0.6) is 11.5 Å². The SMILES string of the molecule is C=CCCCOc1ccccc1N1C=[N+](c2ccccc2OCCCC=C)[C@@H](c2ccccc2)[C@@H]1c1ccccc1. The van der Waals surface area contributed by atoms with Crippen molar-refractivity contribution in [3.63, 3.8) is 0 Å². The van der Waals surface area contributed by atoms with Crippen LogP contribution >= 0.6 is 0 Å². The van der Waals surface area contributed by atoms with Crippen LogP contribution in [0.3, 0.4) is 0 Å². The Bertz CT molecular complexity index is 1450. The van der Waals surface area contributed by atoms with Crippen LogP contribution in [0, 0.1) is 0 Å². The highest BCUT2D eigenvalue weighted by molar-refractivity contribution is 5.83. The Hall–Kier alpha value is -4.57. The van der Waals surface area contributed by atoms with E-state index < -0.39 is 0 Å². The summed E-state index contributed by atoms with van der Waals surface area (Å²) in [6, 6.07) is 38.2. The first-order valence-electron chi connectivity index (χ1n) is 14.5. The molecule has 0 N–H and O–H groups in total. The van der Waals surface area contributed by atoms with Crippen molar-refractivity contribution < 1.29 is 14.0 Å². The molecule has 0 fully saturated rings. The van der Waals surface area contributed by atoms with E-state index in [-0.39, 0.29) is 12.1 Å². The normalized spacial score (nSPS) is 16.2. The van der Waals surface area contributed by atoms with E-state index in [1.807, 2.05) is 24.3 Å². The molecule has 0 unspecified atom stereocenters. The molecule has 5 rings (SSSR count). The van der Waals surface area contributed by atoms with Crippen molar-refractivity contribution in [2.75, 3.05) is 18.1 Å². The zero-order valence-corrected chi connectivity index (χ0v) is 23.6. The maximum atomic E-state index is 6.36. The van der Waals surface area contributed by atoms with Gasteiger partial charge in [-0.3, -0.25) is 0 Å². The van der Waals surface area contributed by atoms with E-state index in [4.69, 9.17) is 9.47 Å². The Morgan fingerprint density at radius 1 is 0.634 bits per heavy atom. The maximum absolute atomic E-state index is 6.36. The van der Waals surface area contributed by atoms with Crippen LogP contribution in [-0.2, 0) is 0 Å². The number of nitrogens with zero attached hydrogens (tertiary/aromatic N) is 2. The smallest absolute Gasteiger partial charge is 0.246 e. The third kappa shape index (κ3) is 6.60. The maximum Gasteiger partial charge on any atom is 0.246 e. The van der Waals surface area contributed by atoms with E-state index in [9.17, 15) is 0 Å². The molecule has 41 heavy (non-hydrogen) atoms. The molecule has 4 nitrogen and oxygen atoms in total. The molecule has 0 radical (unpaired) electrons.